The van der Waals surface area contributed by atoms with Gasteiger partial charge < -0.3 is 16.4 Å². The van der Waals surface area contributed by atoms with Crippen LogP contribution in [0.5, 0.6) is 0 Å². The van der Waals surface area contributed by atoms with Crippen molar-refractivity contribution >= 4 is 50.6 Å². The van der Waals surface area contributed by atoms with Crippen molar-refractivity contribution in [3.05, 3.63) is 51.5 Å². The number of hydrogen-bond donors (Lipinski definition) is 3. The molecular weight excluding hydrogens is 342 g/mol. The topological polar surface area (TPSA) is 67.1 Å². The van der Waals surface area contributed by atoms with Gasteiger partial charge in [0.2, 0.25) is 0 Å². The number of carbonyl (C=O) groups is 1. The van der Waals surface area contributed by atoms with E-state index in [1.165, 1.54) is 0 Å². The summed E-state index contributed by atoms with van der Waals surface area (Å²) >= 11 is 9.36. The largest absolute Gasteiger partial charge is 0.397 e. The summed E-state index contributed by atoms with van der Waals surface area (Å²) in [5.74, 6) is 0. The van der Waals surface area contributed by atoms with Crippen LogP contribution in [0.25, 0.3) is 0 Å². The number of benzene rings is 2. The van der Waals surface area contributed by atoms with Crippen LogP contribution in [0.15, 0.2) is 40.9 Å². The summed E-state index contributed by atoms with van der Waals surface area (Å²) in [5, 5.41) is 5.84. The first-order chi connectivity index (χ1) is 9.47. The van der Waals surface area contributed by atoms with Gasteiger partial charge in [-0.15, -0.1) is 0 Å². The Hall–Kier alpha value is -1.72. The number of nitrogen functional groups attached to an aromatic ring is 1. The van der Waals surface area contributed by atoms with Crippen molar-refractivity contribution in [3.8, 4) is 0 Å². The van der Waals surface area contributed by atoms with Gasteiger partial charge in [0.1, 0.15) is 0 Å². The second-order valence-electron chi connectivity index (χ2n) is 4.27. The van der Waals surface area contributed by atoms with Crippen LogP contribution in [-0.4, -0.2) is 6.03 Å². The number of amides is 2. The van der Waals surface area contributed by atoms with Crippen molar-refractivity contribution in [3.63, 3.8) is 0 Å². The standard InChI is InChI=1S/C14H13BrClN3O/c1-8-6-9(15)13(11(17)7-8)19-14(20)18-12-5-3-2-4-10(12)16/h2-7H,17H2,1H3,(H2,18,19,20). The van der Waals surface area contributed by atoms with Crippen molar-refractivity contribution < 1.29 is 4.79 Å². The summed E-state index contributed by atoms with van der Waals surface area (Å²) in [5.41, 5.74) is 8.46. The lowest BCUT2D eigenvalue weighted by Gasteiger charge is -2.13. The Morgan fingerprint density at radius 3 is 2.60 bits per heavy atom. The molecule has 2 rings (SSSR count). The molecule has 20 heavy (non-hydrogen) atoms. The summed E-state index contributed by atoms with van der Waals surface area (Å²) in [6.45, 7) is 1.93. The highest BCUT2D eigenvalue weighted by atomic mass is 79.9. The van der Waals surface area contributed by atoms with Gasteiger partial charge >= 0.3 is 6.03 Å². The molecule has 0 spiro atoms. The quantitative estimate of drug-likeness (QED) is 0.688. The van der Waals surface area contributed by atoms with E-state index in [0.29, 0.717) is 22.1 Å². The molecule has 0 saturated heterocycles. The first-order valence-electron chi connectivity index (χ1n) is 5.85. The van der Waals surface area contributed by atoms with Crippen molar-refractivity contribution in [1.29, 1.82) is 0 Å². The van der Waals surface area contributed by atoms with Crippen LogP contribution >= 0.6 is 27.5 Å². The molecule has 104 valence electrons. The molecule has 0 aliphatic heterocycles. The van der Waals surface area contributed by atoms with Gasteiger partial charge in [0.25, 0.3) is 0 Å². The maximum absolute atomic E-state index is 12.0. The molecule has 0 radical (unpaired) electrons. The molecule has 4 nitrogen and oxygen atoms in total. The second kappa shape index (κ2) is 6.15. The molecule has 4 N–H and O–H groups in total. The van der Waals surface area contributed by atoms with E-state index in [1.54, 1.807) is 30.3 Å². The normalized spacial score (nSPS) is 10.2. The monoisotopic (exact) mass is 353 g/mol. The van der Waals surface area contributed by atoms with E-state index in [4.69, 9.17) is 17.3 Å². The Morgan fingerprint density at radius 2 is 1.95 bits per heavy atom. The lowest BCUT2D eigenvalue weighted by molar-refractivity contribution is 0.262. The molecule has 0 atom stereocenters. The Balaban J connectivity index is 2.15. The van der Waals surface area contributed by atoms with Gasteiger partial charge in [-0.2, -0.15) is 0 Å². The maximum Gasteiger partial charge on any atom is 0.323 e. The maximum atomic E-state index is 12.0. The minimum Gasteiger partial charge on any atom is -0.397 e. The highest BCUT2D eigenvalue weighted by Gasteiger charge is 2.10. The predicted octanol–water partition coefficient (Wildman–Crippen LogP) is 4.64. The minimum absolute atomic E-state index is 0.408. The fourth-order valence-electron chi connectivity index (χ4n) is 1.73. The zero-order chi connectivity index (χ0) is 14.7. The van der Waals surface area contributed by atoms with E-state index in [2.05, 4.69) is 26.6 Å². The van der Waals surface area contributed by atoms with Crippen LogP contribution in [0.1, 0.15) is 5.56 Å². The van der Waals surface area contributed by atoms with Gasteiger partial charge in [0.15, 0.2) is 0 Å². The van der Waals surface area contributed by atoms with E-state index in [9.17, 15) is 4.79 Å². The van der Waals surface area contributed by atoms with Crippen molar-refractivity contribution in [2.45, 2.75) is 6.92 Å². The summed E-state index contributed by atoms with van der Waals surface area (Å²) < 4.78 is 0.726. The molecule has 0 heterocycles. The number of urea groups is 1. The van der Waals surface area contributed by atoms with E-state index >= 15 is 0 Å². The number of aryl methyl sites for hydroxylation is 1. The van der Waals surface area contributed by atoms with Crippen LogP contribution in [0.4, 0.5) is 21.9 Å². The molecule has 0 saturated carbocycles. The van der Waals surface area contributed by atoms with Gasteiger partial charge in [0.05, 0.1) is 22.1 Å². The number of anilines is 3. The van der Waals surface area contributed by atoms with Gasteiger partial charge in [0, 0.05) is 4.47 Å². The number of hydrogen-bond acceptors (Lipinski definition) is 2. The first-order valence-corrected chi connectivity index (χ1v) is 7.02. The Kier molecular flexibility index (Phi) is 4.52. The Morgan fingerprint density at radius 1 is 1.25 bits per heavy atom. The van der Waals surface area contributed by atoms with Gasteiger partial charge in [-0.25, -0.2) is 4.79 Å². The summed E-state index contributed by atoms with van der Waals surface area (Å²) in [4.78, 5) is 12.0. The summed E-state index contributed by atoms with van der Waals surface area (Å²) in [6.07, 6.45) is 0. The molecule has 0 fully saturated rings. The fourth-order valence-corrected chi connectivity index (χ4v) is 2.60. The summed E-state index contributed by atoms with van der Waals surface area (Å²) in [7, 11) is 0. The third-order valence-electron chi connectivity index (χ3n) is 2.63. The van der Waals surface area contributed by atoms with Crippen LogP contribution in [-0.2, 0) is 0 Å². The van der Waals surface area contributed by atoms with Gasteiger partial charge in [-0.05, 0) is 52.7 Å². The zero-order valence-corrected chi connectivity index (χ0v) is 13.0. The lowest BCUT2D eigenvalue weighted by Crippen LogP contribution is -2.20. The van der Waals surface area contributed by atoms with Gasteiger partial charge in [-0.3, -0.25) is 0 Å². The number of nitrogens with two attached hydrogens (primary N) is 1. The Bertz CT molecular complexity index is 638. The number of rotatable bonds is 2. The molecular formula is C14H13BrClN3O. The van der Waals surface area contributed by atoms with Crippen LogP contribution in [0.3, 0.4) is 0 Å². The van der Waals surface area contributed by atoms with Gasteiger partial charge in [-0.1, -0.05) is 23.7 Å². The predicted molar refractivity (Wildman–Crippen MR) is 87.4 cm³/mol. The third kappa shape index (κ3) is 3.43. The molecule has 2 aromatic rings. The van der Waals surface area contributed by atoms with E-state index < -0.39 is 6.03 Å². The molecule has 0 bridgehead atoms. The SMILES string of the molecule is Cc1cc(N)c(NC(=O)Nc2ccccc2Cl)c(Br)c1. The van der Waals surface area contributed by atoms with Crippen molar-refractivity contribution in [2.24, 2.45) is 0 Å². The number of halogens is 2. The highest BCUT2D eigenvalue weighted by molar-refractivity contribution is 9.10. The minimum atomic E-state index is -0.408. The molecule has 0 aliphatic carbocycles. The molecule has 6 heteroatoms. The van der Waals surface area contributed by atoms with Crippen LogP contribution < -0.4 is 16.4 Å². The fraction of sp³-hybridized carbons (Fsp3) is 0.0714. The van der Waals surface area contributed by atoms with Crippen LogP contribution in [0, 0.1) is 6.92 Å². The molecule has 2 aromatic carbocycles. The lowest BCUT2D eigenvalue weighted by atomic mass is 10.2. The van der Waals surface area contributed by atoms with Crippen LogP contribution in [0.2, 0.25) is 5.02 Å². The molecule has 2 amide bonds. The van der Waals surface area contributed by atoms with E-state index in [-0.39, 0.29) is 0 Å². The Labute approximate surface area is 130 Å². The number of carbonyl (C=O) groups excluding carboxylic acids is 1. The second-order valence-corrected chi connectivity index (χ2v) is 5.53. The number of nitrogens with one attached hydrogen (secondary N) is 2. The van der Waals surface area contributed by atoms with E-state index in [1.807, 2.05) is 13.0 Å². The zero-order valence-electron chi connectivity index (χ0n) is 10.7. The molecule has 0 unspecified atom stereocenters. The van der Waals surface area contributed by atoms with E-state index in [0.717, 1.165) is 10.0 Å². The van der Waals surface area contributed by atoms with Crippen molar-refractivity contribution in [1.82, 2.24) is 0 Å². The van der Waals surface area contributed by atoms with Crippen molar-refractivity contribution in [2.75, 3.05) is 16.4 Å². The number of para-hydroxylation sites is 1. The smallest absolute Gasteiger partial charge is 0.323 e. The molecule has 0 aromatic heterocycles. The summed E-state index contributed by atoms with van der Waals surface area (Å²) in [6, 6.07) is 10.3. The molecule has 0 aliphatic rings. The average molecular weight is 355 g/mol. The average Bonchev–Trinajstić information content (AvgIpc) is 2.36. The third-order valence-corrected chi connectivity index (χ3v) is 3.58. The first kappa shape index (κ1) is 14.7. The highest BCUT2D eigenvalue weighted by Crippen LogP contribution is 2.30.